The first-order chi connectivity index (χ1) is 8.33. The molecule has 3 rings (SSSR count). The van der Waals surface area contributed by atoms with Crippen LogP contribution in [0.5, 0.6) is 0 Å². The molecule has 1 aliphatic rings. The van der Waals surface area contributed by atoms with E-state index in [4.69, 9.17) is 0 Å². The second kappa shape index (κ2) is 3.85. The van der Waals surface area contributed by atoms with Gasteiger partial charge in [-0.2, -0.15) is 4.57 Å². The molecule has 0 fully saturated rings. The van der Waals surface area contributed by atoms with E-state index in [1.807, 2.05) is 6.08 Å². The highest BCUT2D eigenvalue weighted by Crippen LogP contribution is 2.37. The van der Waals surface area contributed by atoms with Gasteiger partial charge in [-0.3, -0.25) is 0 Å². The monoisotopic (exact) mass is 222 g/mol. The van der Waals surface area contributed by atoms with Crippen molar-refractivity contribution in [3.05, 3.63) is 66.9 Å². The maximum Gasteiger partial charge on any atom is 0.213 e. The van der Waals surface area contributed by atoms with E-state index in [-0.39, 0.29) is 0 Å². The molecule has 1 aromatic carbocycles. The summed E-state index contributed by atoms with van der Waals surface area (Å²) in [5, 5.41) is 0. The molecule has 2 unspecified atom stereocenters. The Balaban J connectivity index is 2.32. The zero-order valence-electron chi connectivity index (χ0n) is 10.0. The van der Waals surface area contributed by atoms with Gasteiger partial charge in [0, 0.05) is 23.6 Å². The number of pyridine rings is 1. The van der Waals surface area contributed by atoms with Gasteiger partial charge in [-0.25, -0.2) is 0 Å². The lowest BCUT2D eigenvalue weighted by molar-refractivity contribution is -0.706. The van der Waals surface area contributed by atoms with E-state index in [2.05, 4.69) is 66.7 Å². The lowest BCUT2D eigenvalue weighted by atomic mass is 9.84. The molecule has 0 radical (unpaired) electrons. The van der Waals surface area contributed by atoms with E-state index in [1.165, 1.54) is 16.8 Å². The first-order valence-electron chi connectivity index (χ1n) is 6.05. The van der Waals surface area contributed by atoms with Crippen LogP contribution in [0.3, 0.4) is 0 Å². The van der Waals surface area contributed by atoms with Gasteiger partial charge in [-0.1, -0.05) is 31.7 Å². The first-order valence-corrected chi connectivity index (χ1v) is 6.05. The standard InChI is InChI=1S/C16H16N/c1-3-15-12(2)13-8-4-5-9-14(13)16-10-6-7-11-17(15)16/h3-12,15H,1H2,2H3/q+1. The van der Waals surface area contributed by atoms with Crippen LogP contribution < -0.4 is 4.57 Å². The smallest absolute Gasteiger partial charge is 0.191 e. The highest BCUT2D eigenvalue weighted by molar-refractivity contribution is 5.63. The average Bonchev–Trinajstić information content (AvgIpc) is 2.40. The van der Waals surface area contributed by atoms with Gasteiger partial charge >= 0.3 is 0 Å². The molecule has 0 amide bonds. The van der Waals surface area contributed by atoms with E-state index in [0.717, 1.165) is 0 Å². The second-order valence-electron chi connectivity index (χ2n) is 4.60. The molecule has 2 atom stereocenters. The molecule has 0 spiro atoms. The molecular formula is C16H16N+. The van der Waals surface area contributed by atoms with E-state index >= 15 is 0 Å². The molecule has 1 heteroatoms. The van der Waals surface area contributed by atoms with Crippen molar-refractivity contribution in [1.29, 1.82) is 0 Å². The SMILES string of the molecule is C=CC1C(C)c2ccccc2-c2cccc[n+]21. The van der Waals surface area contributed by atoms with Crippen LogP contribution >= 0.6 is 0 Å². The molecule has 0 bridgehead atoms. The van der Waals surface area contributed by atoms with Crippen molar-refractivity contribution < 1.29 is 4.57 Å². The number of nitrogens with zero attached hydrogens (tertiary/aromatic N) is 1. The van der Waals surface area contributed by atoms with Crippen LogP contribution in [0.4, 0.5) is 0 Å². The van der Waals surface area contributed by atoms with Crippen molar-refractivity contribution in [3.8, 4) is 11.3 Å². The van der Waals surface area contributed by atoms with Crippen molar-refractivity contribution in [2.75, 3.05) is 0 Å². The molecule has 1 aromatic heterocycles. The molecule has 17 heavy (non-hydrogen) atoms. The van der Waals surface area contributed by atoms with Crippen LogP contribution in [0.1, 0.15) is 24.4 Å². The van der Waals surface area contributed by atoms with Crippen LogP contribution in [-0.4, -0.2) is 0 Å². The fourth-order valence-electron chi connectivity index (χ4n) is 2.81. The maximum atomic E-state index is 3.99. The first kappa shape index (κ1) is 10.3. The molecular weight excluding hydrogens is 206 g/mol. The van der Waals surface area contributed by atoms with Gasteiger partial charge in [-0.15, -0.1) is 0 Å². The number of aromatic nitrogens is 1. The fourth-order valence-corrected chi connectivity index (χ4v) is 2.81. The predicted molar refractivity (Wildman–Crippen MR) is 69.7 cm³/mol. The van der Waals surface area contributed by atoms with Crippen molar-refractivity contribution >= 4 is 0 Å². The molecule has 1 nitrogen and oxygen atoms in total. The Bertz CT molecular complexity index is 571. The van der Waals surface area contributed by atoms with Crippen molar-refractivity contribution in [1.82, 2.24) is 0 Å². The summed E-state index contributed by atoms with van der Waals surface area (Å²) in [5.74, 6) is 0.476. The Kier molecular flexibility index (Phi) is 2.32. The van der Waals surface area contributed by atoms with Gasteiger partial charge in [0.25, 0.3) is 0 Å². The molecule has 0 saturated carbocycles. The van der Waals surface area contributed by atoms with Gasteiger partial charge in [0.05, 0.1) is 0 Å². The van der Waals surface area contributed by atoms with E-state index < -0.39 is 0 Å². The van der Waals surface area contributed by atoms with Crippen LogP contribution in [0.25, 0.3) is 11.3 Å². The number of fused-ring (bicyclic) bond motifs is 3. The minimum atomic E-state index is 0.348. The summed E-state index contributed by atoms with van der Waals surface area (Å²) in [6, 6.07) is 15.4. The number of hydrogen-bond acceptors (Lipinski definition) is 0. The second-order valence-corrected chi connectivity index (χ2v) is 4.60. The van der Waals surface area contributed by atoms with Gasteiger partial charge < -0.3 is 0 Å². The Labute approximate surface area is 102 Å². The van der Waals surface area contributed by atoms with Gasteiger partial charge in [0.15, 0.2) is 12.2 Å². The quantitative estimate of drug-likeness (QED) is 0.513. The lowest BCUT2D eigenvalue weighted by Gasteiger charge is -2.25. The van der Waals surface area contributed by atoms with Crippen molar-refractivity contribution in [2.45, 2.75) is 18.9 Å². The zero-order chi connectivity index (χ0) is 11.8. The van der Waals surface area contributed by atoms with Crippen LogP contribution in [0, 0.1) is 0 Å². The van der Waals surface area contributed by atoms with Crippen molar-refractivity contribution in [3.63, 3.8) is 0 Å². The van der Waals surface area contributed by atoms with Crippen LogP contribution in [0.2, 0.25) is 0 Å². The summed E-state index contributed by atoms with van der Waals surface area (Å²) < 4.78 is 2.32. The highest BCUT2D eigenvalue weighted by Gasteiger charge is 2.34. The van der Waals surface area contributed by atoms with E-state index in [0.29, 0.717) is 12.0 Å². The Morgan fingerprint density at radius 2 is 1.88 bits per heavy atom. The predicted octanol–water partition coefficient (Wildman–Crippen LogP) is 3.49. The Morgan fingerprint density at radius 3 is 2.71 bits per heavy atom. The highest BCUT2D eigenvalue weighted by atomic mass is 15.0. The van der Waals surface area contributed by atoms with Crippen LogP contribution in [0.15, 0.2) is 61.3 Å². The van der Waals surface area contributed by atoms with E-state index in [1.54, 1.807) is 0 Å². The Hall–Kier alpha value is -1.89. The molecule has 2 heterocycles. The van der Waals surface area contributed by atoms with Gasteiger partial charge in [-0.05, 0) is 23.8 Å². The number of hydrogen-bond donors (Lipinski definition) is 0. The van der Waals surface area contributed by atoms with E-state index in [9.17, 15) is 0 Å². The van der Waals surface area contributed by atoms with Crippen molar-refractivity contribution in [2.24, 2.45) is 0 Å². The Morgan fingerprint density at radius 1 is 1.12 bits per heavy atom. The number of rotatable bonds is 1. The summed E-state index contributed by atoms with van der Waals surface area (Å²) in [4.78, 5) is 0. The zero-order valence-corrected chi connectivity index (χ0v) is 10.0. The summed E-state index contributed by atoms with van der Waals surface area (Å²) in [6.45, 7) is 6.26. The number of allylic oxidation sites excluding steroid dienone is 1. The molecule has 84 valence electrons. The fraction of sp³-hybridized carbons (Fsp3) is 0.188. The minimum Gasteiger partial charge on any atom is -0.191 e. The topological polar surface area (TPSA) is 3.88 Å². The number of benzene rings is 1. The summed E-state index contributed by atoms with van der Waals surface area (Å²) in [5.41, 5.74) is 4.05. The molecule has 0 N–H and O–H groups in total. The molecule has 0 aliphatic carbocycles. The van der Waals surface area contributed by atoms with Crippen LogP contribution in [-0.2, 0) is 0 Å². The average molecular weight is 222 g/mol. The molecule has 0 saturated heterocycles. The third kappa shape index (κ3) is 1.42. The molecule has 2 aromatic rings. The largest absolute Gasteiger partial charge is 0.213 e. The summed E-state index contributed by atoms with van der Waals surface area (Å²) in [7, 11) is 0. The lowest BCUT2D eigenvalue weighted by Crippen LogP contribution is -2.45. The molecule has 1 aliphatic heterocycles. The third-order valence-electron chi connectivity index (χ3n) is 3.69. The normalized spacial score (nSPS) is 21.5. The minimum absolute atomic E-state index is 0.348. The third-order valence-corrected chi connectivity index (χ3v) is 3.69. The van der Waals surface area contributed by atoms with Gasteiger partial charge in [0.1, 0.15) is 0 Å². The maximum absolute atomic E-state index is 3.99. The summed E-state index contributed by atoms with van der Waals surface area (Å²) >= 11 is 0. The summed E-state index contributed by atoms with van der Waals surface area (Å²) in [6.07, 6.45) is 4.19. The van der Waals surface area contributed by atoms with Gasteiger partial charge in [0.2, 0.25) is 5.69 Å².